The topological polar surface area (TPSA) is 119 Å². The first-order valence-electron chi connectivity index (χ1n) is 43.8. The number of rotatable bonds is 4. The van der Waals surface area contributed by atoms with Crippen LogP contribution in [0.4, 0.5) is 0 Å². The molecule has 4 heterocycles. The van der Waals surface area contributed by atoms with Crippen molar-refractivity contribution < 1.29 is 46.8 Å². The van der Waals surface area contributed by atoms with Crippen LogP contribution in [0, 0.1) is 27.7 Å². The summed E-state index contributed by atoms with van der Waals surface area (Å²) in [5.74, 6) is 4.39. The average molecular weight is 1700 g/mol. The first-order chi connectivity index (χ1) is 54.7. The van der Waals surface area contributed by atoms with Gasteiger partial charge in [0.2, 0.25) is 0 Å². The summed E-state index contributed by atoms with van der Waals surface area (Å²) in [6, 6.07) is 35.3. The number of carbonyl (C=O) groups is 2. The molecule has 0 amide bonds. The number of esters is 2. The van der Waals surface area contributed by atoms with E-state index in [0.29, 0.717) is 17.2 Å². The summed E-state index contributed by atoms with van der Waals surface area (Å²) < 4.78 is 46.4. The molecule has 0 saturated carbocycles. The molecule has 0 saturated heterocycles. The van der Waals surface area contributed by atoms with Crippen LogP contribution in [0.3, 0.4) is 0 Å². The second-order valence-corrected chi connectivity index (χ2v) is 50.3. The van der Waals surface area contributed by atoms with Gasteiger partial charge in [-0.25, -0.2) is 0 Å². The summed E-state index contributed by atoms with van der Waals surface area (Å²) in [6.07, 6.45) is 0. The molecule has 2 atom stereocenters. The van der Waals surface area contributed by atoms with Gasteiger partial charge in [-0.2, -0.15) is 0 Å². The standard InChI is InChI=1S/C54H73O5P.C30H44ClO2P.C24H30O3/c1-30-22-33(43-39-26-36(51(10,11)12)27-40(52(13,14)15)45(39)56-48(43)55)23-31(2)44(30)57-60-58-46-37(24-34(49(4,5)6)28-41(46)53(16,17)18)32(3)38-25-35(50(7,8)9)29-42(47(38)59-60)54(19,20)21;1-18-21-14-19(27(2,3)4)16-23(29(8,9)10)25(21)32-34(31)33-26-22(18)15-20(28(5,6)7)17-24(26)30(11,12)13;1-13-9-15(10-14(2)20(13)25)19-17-11-16(23(3,4)5)12-18(24(6,7)8)21(17)27-22(19)26/h22-29,32,43H,1-21H3;14-18H,1-13H3;9-12,19,25H,1-8H3. The number of ether oxygens (including phenoxy) is 2. The van der Waals surface area contributed by atoms with Crippen LogP contribution in [0.15, 0.2) is 97.1 Å². The molecule has 2 unspecified atom stereocenters. The number of carbonyl (C=O) groups excluding carboxylic acids is 2. The van der Waals surface area contributed by atoms with Crippen LogP contribution in [0.5, 0.6) is 46.0 Å². The first kappa shape index (κ1) is 95.9. The minimum atomic E-state index is -2.02. The highest BCUT2D eigenvalue weighted by Crippen LogP contribution is 2.61. The maximum Gasteiger partial charge on any atom is 0.530 e. The molecule has 121 heavy (non-hydrogen) atoms. The highest BCUT2D eigenvalue weighted by atomic mass is 35.7. The van der Waals surface area contributed by atoms with Crippen LogP contribution in [0.2, 0.25) is 0 Å². The van der Waals surface area contributed by atoms with E-state index >= 15 is 0 Å². The van der Waals surface area contributed by atoms with E-state index in [1.54, 1.807) is 0 Å². The lowest BCUT2D eigenvalue weighted by Crippen LogP contribution is -2.23. The van der Waals surface area contributed by atoms with E-state index in [9.17, 15) is 14.7 Å². The molecule has 4 aliphatic rings. The first-order valence-corrected chi connectivity index (χ1v) is 47.0. The Morgan fingerprint density at radius 3 is 0.719 bits per heavy atom. The fourth-order valence-electron chi connectivity index (χ4n) is 16.6. The van der Waals surface area contributed by atoms with Crippen molar-refractivity contribution in [2.75, 3.05) is 0 Å². The van der Waals surface area contributed by atoms with E-state index in [0.717, 1.165) is 101 Å². The number of halogens is 1. The number of hydrogen-bond acceptors (Lipinski definition) is 10. The van der Waals surface area contributed by atoms with Crippen molar-refractivity contribution >= 4 is 39.5 Å². The van der Waals surface area contributed by atoms with E-state index in [4.69, 9.17) is 43.3 Å². The third-order valence-corrected chi connectivity index (χ3v) is 26.7. The van der Waals surface area contributed by atoms with Crippen LogP contribution in [-0.4, -0.2) is 17.0 Å². The highest BCUT2D eigenvalue weighted by Gasteiger charge is 2.46. The zero-order chi connectivity index (χ0) is 91.4. The predicted molar refractivity (Wildman–Crippen MR) is 509 cm³/mol. The summed E-state index contributed by atoms with van der Waals surface area (Å²) in [4.78, 5) is 26.8. The molecule has 0 aromatic heterocycles. The molecule has 4 aliphatic heterocycles. The molecule has 656 valence electrons. The molecule has 0 aliphatic carbocycles. The molecule has 8 aromatic rings. The normalized spacial score (nSPS) is 18.5. The van der Waals surface area contributed by atoms with Crippen molar-refractivity contribution in [2.24, 2.45) is 0 Å². The van der Waals surface area contributed by atoms with E-state index in [-0.39, 0.29) is 94.5 Å². The SMILES string of the molecule is CC1c2cc(C(C)(C)C)cc(C(C)(C)C)c2OP(Cl)Oc2c1cc(C(C)(C)C)cc2C(C)(C)C.Cc1cc(C2C(=O)Oc3c2cc(C(C)(C)C)cc3C(C)(C)C)cc(C)c1O.Cc1cc(C2C(=O)Oc3c2cc(C(C)(C)C)cc3C(C)(C)C)cc(C)c1OP1Oc2c(cc(C(C)(C)C)cc2C(C)(C)C)C(C)c2cc(C(C)(C)C)cc(C(C)(C)C)c2O1. The van der Waals surface area contributed by atoms with Gasteiger partial charge in [-0.15, -0.1) is 0 Å². The molecule has 10 nitrogen and oxygen atoms in total. The van der Waals surface area contributed by atoms with Crippen molar-refractivity contribution in [3.8, 4) is 46.0 Å². The van der Waals surface area contributed by atoms with Gasteiger partial charge in [0.15, 0.2) is 0 Å². The number of phenolic OH excluding ortho intramolecular Hbond substituents is 1. The van der Waals surface area contributed by atoms with Gasteiger partial charge >= 0.3 is 28.3 Å². The van der Waals surface area contributed by atoms with E-state index < -0.39 is 28.2 Å². The molecular weight excluding hydrogens is 1550 g/mol. The monoisotopic (exact) mass is 1700 g/mol. The molecule has 0 bridgehead atoms. The third-order valence-electron chi connectivity index (χ3n) is 24.6. The van der Waals surface area contributed by atoms with Gasteiger partial charge in [-0.1, -0.05) is 360 Å². The fraction of sp³-hybridized carbons (Fsp3) is 0.537. The van der Waals surface area contributed by atoms with Crippen molar-refractivity contribution in [2.45, 2.75) is 379 Å². The number of aryl methyl sites for hydroxylation is 4. The summed E-state index contributed by atoms with van der Waals surface area (Å²) in [7, 11) is -3.67. The Kier molecular flexibility index (Phi) is 25.8. The molecular formula is C108H147ClO10P2. The van der Waals surface area contributed by atoms with Crippen LogP contribution in [-0.2, 0) is 74.6 Å². The number of hydrogen-bond donors (Lipinski definition) is 1. The van der Waals surface area contributed by atoms with E-state index in [1.807, 2.05) is 26.0 Å². The Bertz CT molecular complexity index is 5120. The zero-order valence-electron chi connectivity index (χ0n) is 81.9. The van der Waals surface area contributed by atoms with Gasteiger partial charge < -0.3 is 37.2 Å². The molecule has 0 spiro atoms. The molecule has 0 fully saturated rings. The lowest BCUT2D eigenvalue weighted by atomic mass is 9.74. The quantitative estimate of drug-likeness (QED) is 0.104. The maximum atomic E-state index is 13.9. The molecule has 13 heteroatoms. The summed E-state index contributed by atoms with van der Waals surface area (Å²) in [5, 5.41) is 10.1. The zero-order valence-corrected chi connectivity index (χ0v) is 84.5. The third kappa shape index (κ3) is 20.3. The van der Waals surface area contributed by atoms with Gasteiger partial charge in [-0.3, -0.25) is 9.59 Å². The highest BCUT2D eigenvalue weighted by molar-refractivity contribution is 7.76. The smallest absolute Gasteiger partial charge is 0.507 e. The Labute approximate surface area is 737 Å². The largest absolute Gasteiger partial charge is 0.530 e. The molecule has 1 N–H and O–H groups in total. The van der Waals surface area contributed by atoms with E-state index in [2.05, 4.69) is 362 Å². The van der Waals surface area contributed by atoms with Gasteiger partial charge in [0.1, 0.15) is 57.8 Å². The lowest BCUT2D eigenvalue weighted by Gasteiger charge is -2.36. The Hall–Kier alpha value is -7.35. The number of aromatic hydroxyl groups is 1. The number of phenols is 1. The lowest BCUT2D eigenvalue weighted by molar-refractivity contribution is -0.134. The number of fused-ring (bicyclic) bond motifs is 6. The summed E-state index contributed by atoms with van der Waals surface area (Å²) in [5.41, 5.74) is 24.7. The van der Waals surface area contributed by atoms with Crippen molar-refractivity contribution in [1.29, 1.82) is 0 Å². The summed E-state index contributed by atoms with van der Waals surface area (Å²) >= 11 is 6.82. The molecule has 8 aromatic carbocycles. The van der Waals surface area contributed by atoms with Crippen molar-refractivity contribution in [3.05, 3.63) is 231 Å². The summed E-state index contributed by atoms with van der Waals surface area (Å²) in [6.45, 7) is 92.9. The fourth-order valence-corrected chi connectivity index (χ4v) is 19.0. The van der Waals surface area contributed by atoms with Gasteiger partial charge in [0, 0.05) is 78.6 Å². The predicted octanol–water partition coefficient (Wildman–Crippen LogP) is 31.3. The second kappa shape index (κ2) is 32.6. The average Bonchev–Trinajstić information content (AvgIpc) is 1.24. The van der Waals surface area contributed by atoms with Crippen molar-refractivity contribution in [1.82, 2.24) is 0 Å². The van der Waals surface area contributed by atoms with Crippen LogP contribution < -0.4 is 32.1 Å². The minimum absolute atomic E-state index is 0.0198. The van der Waals surface area contributed by atoms with Gasteiger partial charge in [-0.05, 0) is 171 Å². The second-order valence-electron chi connectivity index (χ2n) is 47.7. The van der Waals surface area contributed by atoms with Crippen LogP contribution in [0.1, 0.15) is 420 Å². The Morgan fingerprint density at radius 1 is 0.289 bits per heavy atom. The van der Waals surface area contributed by atoms with Crippen molar-refractivity contribution in [3.63, 3.8) is 0 Å². The van der Waals surface area contributed by atoms with Gasteiger partial charge in [0.25, 0.3) is 0 Å². The molecule has 12 rings (SSSR count). The van der Waals surface area contributed by atoms with Crippen LogP contribution >= 0.6 is 27.6 Å². The van der Waals surface area contributed by atoms with Gasteiger partial charge in [0.05, 0.1) is 0 Å². The number of benzene rings is 8. The Morgan fingerprint density at radius 2 is 0.496 bits per heavy atom. The maximum absolute atomic E-state index is 13.9. The van der Waals surface area contributed by atoms with Crippen LogP contribution in [0.25, 0.3) is 0 Å². The Balaban J connectivity index is 0.000000211. The molecule has 0 radical (unpaired) electrons. The van der Waals surface area contributed by atoms with E-state index in [1.165, 1.54) is 55.6 Å². The minimum Gasteiger partial charge on any atom is -0.507 e.